The highest BCUT2D eigenvalue weighted by Crippen LogP contribution is 2.16. The van der Waals surface area contributed by atoms with Gasteiger partial charge < -0.3 is 10.2 Å². The van der Waals surface area contributed by atoms with Gasteiger partial charge in [0.1, 0.15) is 0 Å². The highest BCUT2D eigenvalue weighted by molar-refractivity contribution is 5.14. The molecule has 0 aliphatic rings. The zero-order chi connectivity index (χ0) is 13.4. The quantitative estimate of drug-likeness (QED) is 0.760. The lowest BCUT2D eigenvalue weighted by molar-refractivity contribution is 0.194. The summed E-state index contributed by atoms with van der Waals surface area (Å²) in [5.74, 6) is 0.781. The maximum absolute atomic E-state index is 3.59. The molecule has 102 valence electrons. The molecule has 1 atom stereocenters. The molecule has 2 heteroatoms. The fourth-order valence-corrected chi connectivity index (χ4v) is 2.56. The van der Waals surface area contributed by atoms with E-state index in [9.17, 15) is 0 Å². The number of benzene rings is 1. The summed E-state index contributed by atoms with van der Waals surface area (Å²) < 4.78 is 0. The van der Waals surface area contributed by atoms with Crippen LogP contribution < -0.4 is 5.32 Å². The van der Waals surface area contributed by atoms with Crippen LogP contribution in [0.1, 0.15) is 32.3 Å². The van der Waals surface area contributed by atoms with Crippen LogP contribution in [0.5, 0.6) is 0 Å². The Kier molecular flexibility index (Phi) is 6.99. The normalized spacial score (nSPS) is 13.2. The fraction of sp³-hybridized carbons (Fsp3) is 0.625. The minimum absolute atomic E-state index is 0.628. The molecule has 0 saturated carbocycles. The summed E-state index contributed by atoms with van der Waals surface area (Å²) in [6.07, 6.45) is 2.51. The molecular formula is C16H28N2. The van der Waals surface area contributed by atoms with Crippen molar-refractivity contribution in [2.24, 2.45) is 5.92 Å². The second-order valence-corrected chi connectivity index (χ2v) is 5.22. The number of nitrogens with one attached hydrogen (secondary N) is 1. The smallest absolute Gasteiger partial charge is 0.0242 e. The van der Waals surface area contributed by atoms with Gasteiger partial charge in [0, 0.05) is 19.1 Å². The van der Waals surface area contributed by atoms with E-state index in [1.807, 2.05) is 0 Å². The van der Waals surface area contributed by atoms with Gasteiger partial charge in [0.15, 0.2) is 0 Å². The van der Waals surface area contributed by atoms with Crippen LogP contribution in [0.3, 0.4) is 0 Å². The molecule has 0 fully saturated rings. The predicted molar refractivity (Wildman–Crippen MR) is 79.7 cm³/mol. The maximum Gasteiger partial charge on any atom is 0.0242 e. The Bertz CT molecular complexity index is 304. The lowest BCUT2D eigenvalue weighted by Gasteiger charge is -2.31. The maximum atomic E-state index is 3.59. The van der Waals surface area contributed by atoms with Crippen molar-refractivity contribution in [1.29, 1.82) is 0 Å². The zero-order valence-electron chi connectivity index (χ0n) is 12.3. The van der Waals surface area contributed by atoms with Gasteiger partial charge in [-0.05, 0) is 25.6 Å². The molecule has 0 spiro atoms. The van der Waals surface area contributed by atoms with E-state index in [2.05, 4.69) is 68.5 Å². The Hall–Kier alpha value is -0.860. The van der Waals surface area contributed by atoms with E-state index in [-0.39, 0.29) is 0 Å². The second kappa shape index (κ2) is 8.28. The SMILES string of the molecule is CCC(CC)C(CNCc1ccccc1)N(C)C. The van der Waals surface area contributed by atoms with Crippen molar-refractivity contribution in [2.45, 2.75) is 39.3 Å². The molecule has 0 aliphatic carbocycles. The topological polar surface area (TPSA) is 15.3 Å². The van der Waals surface area contributed by atoms with E-state index in [0.29, 0.717) is 6.04 Å². The van der Waals surface area contributed by atoms with E-state index in [1.165, 1.54) is 18.4 Å². The molecule has 1 N–H and O–H groups in total. The molecule has 1 aromatic rings. The van der Waals surface area contributed by atoms with Crippen LogP contribution in [0.2, 0.25) is 0 Å². The molecule has 0 heterocycles. The molecule has 0 bridgehead atoms. The van der Waals surface area contributed by atoms with Gasteiger partial charge >= 0.3 is 0 Å². The molecule has 0 aliphatic heterocycles. The molecule has 1 aromatic carbocycles. The number of hydrogen-bond acceptors (Lipinski definition) is 2. The molecule has 0 aromatic heterocycles. The van der Waals surface area contributed by atoms with Crippen molar-refractivity contribution >= 4 is 0 Å². The van der Waals surface area contributed by atoms with Crippen LogP contribution in [-0.2, 0) is 6.54 Å². The second-order valence-electron chi connectivity index (χ2n) is 5.22. The van der Waals surface area contributed by atoms with Gasteiger partial charge in [0.25, 0.3) is 0 Å². The van der Waals surface area contributed by atoms with E-state index < -0.39 is 0 Å². The molecule has 0 saturated heterocycles. The first-order valence-corrected chi connectivity index (χ1v) is 7.10. The predicted octanol–water partition coefficient (Wildman–Crippen LogP) is 3.14. The lowest BCUT2D eigenvalue weighted by atomic mass is 9.93. The Morgan fingerprint density at radius 1 is 1.06 bits per heavy atom. The van der Waals surface area contributed by atoms with Crippen molar-refractivity contribution < 1.29 is 0 Å². The van der Waals surface area contributed by atoms with Crippen LogP contribution in [0, 0.1) is 5.92 Å². The van der Waals surface area contributed by atoms with Gasteiger partial charge in [-0.25, -0.2) is 0 Å². The molecule has 18 heavy (non-hydrogen) atoms. The van der Waals surface area contributed by atoms with Gasteiger partial charge in [-0.3, -0.25) is 0 Å². The Morgan fingerprint density at radius 2 is 1.67 bits per heavy atom. The molecule has 0 radical (unpaired) electrons. The first kappa shape index (κ1) is 15.2. The lowest BCUT2D eigenvalue weighted by Crippen LogP contribution is -2.42. The van der Waals surface area contributed by atoms with Crippen LogP contribution >= 0.6 is 0 Å². The summed E-state index contributed by atoms with van der Waals surface area (Å²) in [5.41, 5.74) is 1.36. The summed E-state index contributed by atoms with van der Waals surface area (Å²) in [7, 11) is 4.38. The summed E-state index contributed by atoms with van der Waals surface area (Å²) in [6, 6.07) is 11.2. The Balaban J connectivity index is 2.43. The average Bonchev–Trinajstić information content (AvgIpc) is 2.39. The number of rotatable bonds is 8. The van der Waals surface area contributed by atoms with E-state index >= 15 is 0 Å². The van der Waals surface area contributed by atoms with Crippen LogP contribution in [0.4, 0.5) is 0 Å². The number of hydrogen-bond donors (Lipinski definition) is 1. The molecule has 2 nitrogen and oxygen atoms in total. The van der Waals surface area contributed by atoms with Gasteiger partial charge in [-0.1, -0.05) is 57.0 Å². The van der Waals surface area contributed by atoms with Crippen LogP contribution in [0.25, 0.3) is 0 Å². The van der Waals surface area contributed by atoms with Crippen LogP contribution in [0.15, 0.2) is 30.3 Å². The first-order chi connectivity index (χ1) is 8.69. The Morgan fingerprint density at radius 3 is 2.17 bits per heavy atom. The third-order valence-electron chi connectivity index (χ3n) is 3.78. The minimum atomic E-state index is 0.628. The summed E-state index contributed by atoms with van der Waals surface area (Å²) in [4.78, 5) is 2.36. The summed E-state index contributed by atoms with van der Waals surface area (Å²) in [5, 5.41) is 3.59. The van der Waals surface area contributed by atoms with Crippen molar-refractivity contribution in [1.82, 2.24) is 10.2 Å². The van der Waals surface area contributed by atoms with Crippen molar-refractivity contribution in [3.8, 4) is 0 Å². The minimum Gasteiger partial charge on any atom is -0.311 e. The molecule has 0 amide bonds. The van der Waals surface area contributed by atoms with E-state index in [4.69, 9.17) is 0 Å². The van der Waals surface area contributed by atoms with E-state index in [0.717, 1.165) is 19.0 Å². The van der Waals surface area contributed by atoms with Gasteiger partial charge in [-0.15, -0.1) is 0 Å². The van der Waals surface area contributed by atoms with Crippen molar-refractivity contribution in [3.05, 3.63) is 35.9 Å². The fourth-order valence-electron chi connectivity index (χ4n) is 2.56. The number of likely N-dealkylation sites (N-methyl/N-ethyl adjacent to an activating group) is 1. The Labute approximate surface area is 112 Å². The van der Waals surface area contributed by atoms with E-state index in [1.54, 1.807) is 0 Å². The highest BCUT2D eigenvalue weighted by atomic mass is 15.1. The number of nitrogens with zero attached hydrogens (tertiary/aromatic N) is 1. The monoisotopic (exact) mass is 248 g/mol. The third kappa shape index (κ3) is 4.79. The standard InChI is InChI=1S/C16H28N2/c1-5-15(6-2)16(18(3)4)13-17-12-14-10-8-7-9-11-14/h7-11,15-17H,5-6,12-13H2,1-4H3. The van der Waals surface area contributed by atoms with Gasteiger partial charge in [0.05, 0.1) is 0 Å². The molecular weight excluding hydrogens is 220 g/mol. The third-order valence-corrected chi connectivity index (χ3v) is 3.78. The average molecular weight is 248 g/mol. The zero-order valence-corrected chi connectivity index (χ0v) is 12.3. The highest BCUT2D eigenvalue weighted by Gasteiger charge is 2.19. The van der Waals surface area contributed by atoms with Crippen molar-refractivity contribution in [2.75, 3.05) is 20.6 Å². The van der Waals surface area contributed by atoms with Gasteiger partial charge in [0.2, 0.25) is 0 Å². The van der Waals surface area contributed by atoms with Crippen molar-refractivity contribution in [3.63, 3.8) is 0 Å². The van der Waals surface area contributed by atoms with Crippen LogP contribution in [-0.4, -0.2) is 31.6 Å². The first-order valence-electron chi connectivity index (χ1n) is 7.10. The largest absolute Gasteiger partial charge is 0.311 e. The summed E-state index contributed by atoms with van der Waals surface area (Å²) in [6.45, 7) is 6.61. The molecule has 1 unspecified atom stereocenters. The summed E-state index contributed by atoms with van der Waals surface area (Å²) >= 11 is 0. The molecule has 1 rings (SSSR count). The van der Waals surface area contributed by atoms with Gasteiger partial charge in [-0.2, -0.15) is 0 Å².